The Morgan fingerprint density at radius 1 is 0.889 bits per heavy atom. The second kappa shape index (κ2) is 6.58. The van der Waals surface area contributed by atoms with Gasteiger partial charge in [0.1, 0.15) is 6.54 Å². The minimum atomic E-state index is -0.833. The van der Waals surface area contributed by atoms with Crippen LogP contribution in [-0.4, -0.2) is 17.6 Å². The fourth-order valence-electron chi connectivity index (χ4n) is 4.52. The average Bonchev–Trinajstić information content (AvgIpc) is 2.62. The van der Waals surface area contributed by atoms with Crippen LogP contribution in [0.5, 0.6) is 0 Å². The van der Waals surface area contributed by atoms with Crippen LogP contribution in [0.15, 0.2) is 60.7 Å². The Morgan fingerprint density at radius 2 is 1.37 bits per heavy atom. The van der Waals surface area contributed by atoms with Crippen molar-refractivity contribution in [2.45, 2.75) is 26.7 Å². The molecule has 0 saturated carbocycles. The van der Waals surface area contributed by atoms with Crippen LogP contribution < -0.4 is 4.90 Å². The van der Waals surface area contributed by atoms with E-state index in [4.69, 9.17) is 0 Å². The summed E-state index contributed by atoms with van der Waals surface area (Å²) < 4.78 is 0. The third kappa shape index (κ3) is 2.89. The summed E-state index contributed by atoms with van der Waals surface area (Å²) in [6.45, 7) is 6.42. The summed E-state index contributed by atoms with van der Waals surface area (Å²) in [4.78, 5) is 13.5. The Hall–Kier alpha value is -3.07. The highest BCUT2D eigenvalue weighted by atomic mass is 16.4. The van der Waals surface area contributed by atoms with E-state index in [9.17, 15) is 9.90 Å². The molecule has 0 amide bonds. The molecule has 0 spiro atoms. The molecule has 0 aromatic heterocycles. The van der Waals surface area contributed by atoms with Crippen LogP contribution in [0.4, 0.5) is 11.4 Å². The molecule has 1 aliphatic heterocycles. The number of aliphatic carboxylic acids is 1. The second-order valence-electron chi connectivity index (χ2n) is 7.34. The molecule has 0 saturated heterocycles. The Kier molecular flexibility index (Phi) is 4.23. The van der Waals surface area contributed by atoms with Crippen molar-refractivity contribution in [3.8, 4) is 0 Å². The molecule has 1 aliphatic rings. The Labute approximate surface area is 159 Å². The summed E-state index contributed by atoms with van der Waals surface area (Å²) in [5, 5.41) is 9.48. The molecule has 4 rings (SSSR count). The van der Waals surface area contributed by atoms with E-state index in [0.717, 1.165) is 22.5 Å². The van der Waals surface area contributed by atoms with Crippen LogP contribution in [0.1, 0.15) is 39.3 Å². The summed E-state index contributed by atoms with van der Waals surface area (Å²) in [5.74, 6) is -0.733. The number of hydrogen-bond acceptors (Lipinski definition) is 2. The zero-order valence-electron chi connectivity index (χ0n) is 15.9. The summed E-state index contributed by atoms with van der Waals surface area (Å²) in [6, 6.07) is 20.8. The van der Waals surface area contributed by atoms with Crippen molar-refractivity contribution in [3.63, 3.8) is 0 Å². The van der Waals surface area contributed by atoms with E-state index in [0.29, 0.717) is 0 Å². The topological polar surface area (TPSA) is 40.5 Å². The fraction of sp³-hybridized carbons (Fsp3) is 0.208. The van der Waals surface area contributed by atoms with Crippen LogP contribution >= 0.6 is 0 Å². The number of carboxylic acid groups (broad SMARTS) is 1. The molecule has 0 radical (unpaired) electrons. The molecule has 0 fully saturated rings. The highest BCUT2D eigenvalue weighted by Gasteiger charge is 2.33. The molecule has 27 heavy (non-hydrogen) atoms. The quantitative estimate of drug-likeness (QED) is 0.689. The maximum absolute atomic E-state index is 11.5. The minimum absolute atomic E-state index is 0.0490. The van der Waals surface area contributed by atoms with E-state index in [1.165, 1.54) is 22.3 Å². The van der Waals surface area contributed by atoms with E-state index in [1.54, 1.807) is 0 Å². The molecular weight excluding hydrogens is 334 g/mol. The van der Waals surface area contributed by atoms with Gasteiger partial charge in [-0.25, -0.2) is 0 Å². The Morgan fingerprint density at radius 3 is 1.85 bits per heavy atom. The third-order valence-electron chi connectivity index (χ3n) is 5.40. The summed E-state index contributed by atoms with van der Waals surface area (Å²) in [7, 11) is 0. The molecule has 3 aromatic carbocycles. The SMILES string of the molecule is Cc1cc(C)c(C2c3ccccc3N(CC(=O)O)c3ccccc32)c(C)c1. The van der Waals surface area contributed by atoms with Gasteiger partial charge in [-0.2, -0.15) is 0 Å². The van der Waals surface area contributed by atoms with Crippen molar-refractivity contribution in [2.24, 2.45) is 0 Å². The molecule has 3 nitrogen and oxygen atoms in total. The molecule has 3 heteroatoms. The predicted molar refractivity (Wildman–Crippen MR) is 109 cm³/mol. The molecule has 0 aliphatic carbocycles. The number of nitrogens with zero attached hydrogens (tertiary/aromatic N) is 1. The maximum atomic E-state index is 11.5. The van der Waals surface area contributed by atoms with Crippen LogP contribution in [0.2, 0.25) is 0 Å². The molecule has 0 bridgehead atoms. The first kappa shape index (κ1) is 17.3. The molecule has 0 unspecified atom stereocenters. The van der Waals surface area contributed by atoms with E-state index >= 15 is 0 Å². The fourth-order valence-corrected chi connectivity index (χ4v) is 4.52. The predicted octanol–water partition coefficient (Wildman–Crippen LogP) is 5.33. The van der Waals surface area contributed by atoms with Gasteiger partial charge >= 0.3 is 5.97 Å². The van der Waals surface area contributed by atoms with Crippen molar-refractivity contribution < 1.29 is 9.90 Å². The van der Waals surface area contributed by atoms with Gasteiger partial charge in [0.25, 0.3) is 0 Å². The molecule has 0 atom stereocenters. The zero-order chi connectivity index (χ0) is 19.1. The number of para-hydroxylation sites is 2. The third-order valence-corrected chi connectivity index (χ3v) is 5.40. The van der Waals surface area contributed by atoms with Gasteiger partial charge in [-0.1, -0.05) is 54.1 Å². The lowest BCUT2D eigenvalue weighted by atomic mass is 9.77. The average molecular weight is 357 g/mol. The van der Waals surface area contributed by atoms with Gasteiger partial charge in [-0.05, 0) is 60.7 Å². The van der Waals surface area contributed by atoms with Gasteiger partial charge in [0.2, 0.25) is 0 Å². The largest absolute Gasteiger partial charge is 0.480 e. The number of rotatable bonds is 3. The normalized spacial score (nSPS) is 13.2. The molecule has 1 heterocycles. The van der Waals surface area contributed by atoms with Gasteiger partial charge in [-0.3, -0.25) is 4.79 Å². The first-order valence-electron chi connectivity index (χ1n) is 9.22. The second-order valence-corrected chi connectivity index (χ2v) is 7.34. The van der Waals surface area contributed by atoms with Crippen LogP contribution in [0, 0.1) is 20.8 Å². The van der Waals surface area contributed by atoms with Crippen LogP contribution in [0.3, 0.4) is 0 Å². The number of benzene rings is 3. The summed E-state index contributed by atoms with van der Waals surface area (Å²) >= 11 is 0. The van der Waals surface area contributed by atoms with Gasteiger partial charge in [0.05, 0.1) is 0 Å². The number of aryl methyl sites for hydroxylation is 3. The highest BCUT2D eigenvalue weighted by molar-refractivity contribution is 5.85. The number of anilines is 2. The van der Waals surface area contributed by atoms with E-state index in [-0.39, 0.29) is 12.5 Å². The van der Waals surface area contributed by atoms with Crippen LogP contribution in [0.25, 0.3) is 0 Å². The van der Waals surface area contributed by atoms with E-state index in [1.807, 2.05) is 41.3 Å². The standard InChI is InChI=1S/C24H23NO2/c1-15-12-16(2)23(17(3)13-15)24-18-8-4-6-10-20(18)25(14-22(26)27)21-11-7-5-9-19(21)24/h4-13,24H,14H2,1-3H3,(H,26,27). The van der Waals surface area contributed by atoms with Gasteiger partial charge in [0.15, 0.2) is 0 Å². The lowest BCUT2D eigenvalue weighted by Gasteiger charge is -2.38. The number of carboxylic acids is 1. The smallest absolute Gasteiger partial charge is 0.323 e. The lowest BCUT2D eigenvalue weighted by molar-refractivity contribution is -0.135. The Balaban J connectivity index is 2.02. The Bertz CT molecular complexity index is 968. The van der Waals surface area contributed by atoms with Gasteiger partial charge < -0.3 is 10.0 Å². The zero-order valence-corrected chi connectivity index (χ0v) is 15.9. The molecule has 3 aromatic rings. The van der Waals surface area contributed by atoms with Crippen LogP contribution in [-0.2, 0) is 4.79 Å². The highest BCUT2D eigenvalue weighted by Crippen LogP contribution is 2.49. The molecule has 136 valence electrons. The van der Waals surface area contributed by atoms with E-state index in [2.05, 4.69) is 45.0 Å². The lowest BCUT2D eigenvalue weighted by Crippen LogP contribution is -2.31. The minimum Gasteiger partial charge on any atom is -0.480 e. The number of carbonyl (C=O) groups is 1. The molecular formula is C24H23NO2. The van der Waals surface area contributed by atoms with Crippen molar-refractivity contribution in [1.29, 1.82) is 0 Å². The number of fused-ring (bicyclic) bond motifs is 2. The van der Waals surface area contributed by atoms with Crippen molar-refractivity contribution in [3.05, 3.63) is 94.0 Å². The summed E-state index contributed by atoms with van der Waals surface area (Å²) in [5.41, 5.74) is 9.39. The van der Waals surface area contributed by atoms with E-state index < -0.39 is 5.97 Å². The number of hydrogen-bond donors (Lipinski definition) is 1. The monoisotopic (exact) mass is 357 g/mol. The first-order valence-corrected chi connectivity index (χ1v) is 9.22. The van der Waals surface area contributed by atoms with Crippen molar-refractivity contribution in [1.82, 2.24) is 0 Å². The summed E-state index contributed by atoms with van der Waals surface area (Å²) in [6.07, 6.45) is 0. The maximum Gasteiger partial charge on any atom is 0.323 e. The van der Waals surface area contributed by atoms with Gasteiger partial charge in [-0.15, -0.1) is 0 Å². The van der Waals surface area contributed by atoms with Gasteiger partial charge in [0, 0.05) is 17.3 Å². The first-order chi connectivity index (χ1) is 13.0. The van der Waals surface area contributed by atoms with Crippen molar-refractivity contribution in [2.75, 3.05) is 11.4 Å². The molecule has 1 N–H and O–H groups in total. The van der Waals surface area contributed by atoms with Crippen molar-refractivity contribution >= 4 is 17.3 Å².